The van der Waals surface area contributed by atoms with Crippen LogP contribution in [0.15, 0.2) is 30.3 Å². The molecule has 1 aliphatic heterocycles. The van der Waals surface area contributed by atoms with Crippen molar-refractivity contribution in [3.63, 3.8) is 0 Å². The smallest absolute Gasteiger partial charge is 0.213 e. The Labute approximate surface area is 150 Å². The zero-order valence-electron chi connectivity index (χ0n) is 15.0. The van der Waals surface area contributed by atoms with E-state index in [1.165, 1.54) is 21.9 Å². The Kier molecular flexibility index (Phi) is 5.63. The van der Waals surface area contributed by atoms with Crippen molar-refractivity contribution in [2.24, 2.45) is 0 Å². The number of sulfonamides is 1. The summed E-state index contributed by atoms with van der Waals surface area (Å²) < 4.78 is 25.4. The molecular formula is C19H28N2O3S. The summed E-state index contributed by atoms with van der Waals surface area (Å²) in [4.78, 5) is 0. The second-order valence-corrected chi connectivity index (χ2v) is 9.38. The van der Waals surface area contributed by atoms with Gasteiger partial charge in [0.1, 0.15) is 0 Å². The summed E-state index contributed by atoms with van der Waals surface area (Å²) >= 11 is 0. The fourth-order valence-corrected chi connectivity index (χ4v) is 4.73. The van der Waals surface area contributed by atoms with Crippen LogP contribution in [0.1, 0.15) is 43.2 Å². The van der Waals surface area contributed by atoms with E-state index in [1.54, 1.807) is 14.0 Å². The number of allylic oxidation sites excluding steroid dienone is 2. The molecule has 138 valence electrons. The molecule has 0 bridgehead atoms. The fraction of sp³-hybridized carbons (Fsp3) is 0.579. The topological polar surface area (TPSA) is 69.6 Å². The van der Waals surface area contributed by atoms with Crippen LogP contribution in [-0.4, -0.2) is 55.9 Å². The second kappa shape index (κ2) is 7.58. The Morgan fingerprint density at radius 2 is 1.96 bits per heavy atom. The van der Waals surface area contributed by atoms with Gasteiger partial charge < -0.3 is 10.4 Å². The molecule has 25 heavy (non-hydrogen) atoms. The zero-order valence-corrected chi connectivity index (χ0v) is 15.8. The highest BCUT2D eigenvalue weighted by Crippen LogP contribution is 2.34. The van der Waals surface area contributed by atoms with E-state index in [0.29, 0.717) is 6.54 Å². The van der Waals surface area contributed by atoms with Crippen molar-refractivity contribution in [1.29, 1.82) is 0 Å². The maximum absolute atomic E-state index is 12.0. The third-order valence-electron chi connectivity index (χ3n) is 5.49. The molecule has 5 nitrogen and oxygen atoms in total. The summed E-state index contributed by atoms with van der Waals surface area (Å²) in [7, 11) is -1.57. The Bertz CT molecular complexity index is 728. The van der Waals surface area contributed by atoms with Crippen LogP contribution in [0.2, 0.25) is 0 Å². The predicted molar refractivity (Wildman–Crippen MR) is 101 cm³/mol. The van der Waals surface area contributed by atoms with Crippen molar-refractivity contribution >= 4 is 15.6 Å². The standard InChI is InChI=1S/C19H28N2O3S/c1-3-25(23,24)21(2)12-17-19(18(13-22)20-17)16-10-8-15(9-11-16)14-6-4-5-7-14/h6,8-11,17-20,22H,3-5,7,12-13H2,1-2H3/t17-,18+,19+/m0/s1. The molecule has 2 aliphatic rings. The molecule has 2 N–H and O–H groups in total. The summed E-state index contributed by atoms with van der Waals surface area (Å²) in [5, 5.41) is 12.9. The lowest BCUT2D eigenvalue weighted by molar-refractivity contribution is 0.118. The molecule has 0 aromatic heterocycles. The lowest BCUT2D eigenvalue weighted by Crippen LogP contribution is -2.64. The van der Waals surface area contributed by atoms with E-state index < -0.39 is 10.0 Å². The molecular weight excluding hydrogens is 336 g/mol. The molecule has 3 rings (SSSR count). The van der Waals surface area contributed by atoms with Crippen molar-refractivity contribution in [2.45, 2.75) is 44.2 Å². The molecule has 1 aromatic rings. The van der Waals surface area contributed by atoms with E-state index >= 15 is 0 Å². The lowest BCUT2D eigenvalue weighted by Gasteiger charge is -2.47. The summed E-state index contributed by atoms with van der Waals surface area (Å²) in [6.07, 6.45) is 5.85. The van der Waals surface area contributed by atoms with Crippen molar-refractivity contribution in [3.05, 3.63) is 41.5 Å². The summed E-state index contributed by atoms with van der Waals surface area (Å²) in [5.41, 5.74) is 3.85. The number of benzene rings is 1. The molecule has 1 aliphatic carbocycles. The normalized spacial score (nSPS) is 26.6. The lowest BCUT2D eigenvalue weighted by atomic mass is 9.77. The highest BCUT2D eigenvalue weighted by Gasteiger charge is 2.42. The molecule has 1 fully saturated rings. The van der Waals surface area contributed by atoms with Gasteiger partial charge in [0, 0.05) is 31.6 Å². The average molecular weight is 365 g/mol. The van der Waals surface area contributed by atoms with Crippen molar-refractivity contribution in [1.82, 2.24) is 9.62 Å². The first-order valence-corrected chi connectivity index (χ1v) is 10.7. The van der Waals surface area contributed by atoms with Gasteiger partial charge in [0.2, 0.25) is 10.0 Å². The van der Waals surface area contributed by atoms with E-state index in [4.69, 9.17) is 0 Å². The quantitative estimate of drug-likeness (QED) is 0.776. The molecule has 1 aromatic carbocycles. The fourth-order valence-electron chi connectivity index (χ4n) is 3.90. The minimum Gasteiger partial charge on any atom is -0.395 e. The largest absolute Gasteiger partial charge is 0.395 e. The number of hydrogen-bond donors (Lipinski definition) is 2. The molecule has 6 heteroatoms. The van der Waals surface area contributed by atoms with Gasteiger partial charge >= 0.3 is 0 Å². The van der Waals surface area contributed by atoms with E-state index in [2.05, 4.69) is 35.7 Å². The van der Waals surface area contributed by atoms with Crippen molar-refractivity contribution in [3.8, 4) is 0 Å². The minimum absolute atomic E-state index is 0.0146. The third-order valence-corrected chi connectivity index (χ3v) is 7.32. The van der Waals surface area contributed by atoms with E-state index in [9.17, 15) is 13.5 Å². The first-order valence-electron chi connectivity index (χ1n) is 9.06. The number of likely N-dealkylation sites (N-methyl/N-ethyl adjacent to an activating group) is 1. The highest BCUT2D eigenvalue weighted by molar-refractivity contribution is 7.89. The molecule has 0 spiro atoms. The van der Waals surface area contributed by atoms with Crippen LogP contribution >= 0.6 is 0 Å². The van der Waals surface area contributed by atoms with Gasteiger partial charge in [-0.05, 0) is 42.9 Å². The molecule has 0 unspecified atom stereocenters. The monoisotopic (exact) mass is 364 g/mol. The van der Waals surface area contributed by atoms with Gasteiger partial charge in [-0.3, -0.25) is 0 Å². The van der Waals surface area contributed by atoms with Crippen LogP contribution in [0.3, 0.4) is 0 Å². The Morgan fingerprint density at radius 1 is 1.24 bits per heavy atom. The van der Waals surface area contributed by atoms with Crippen LogP contribution < -0.4 is 5.32 Å². The van der Waals surface area contributed by atoms with Crippen LogP contribution in [0, 0.1) is 0 Å². The Balaban J connectivity index is 1.73. The van der Waals surface area contributed by atoms with E-state index in [0.717, 1.165) is 18.4 Å². The van der Waals surface area contributed by atoms with E-state index in [1.807, 2.05) is 0 Å². The van der Waals surface area contributed by atoms with Crippen LogP contribution in [0.25, 0.3) is 5.57 Å². The van der Waals surface area contributed by atoms with Crippen LogP contribution in [-0.2, 0) is 10.0 Å². The highest BCUT2D eigenvalue weighted by atomic mass is 32.2. The van der Waals surface area contributed by atoms with Crippen LogP contribution in [0.4, 0.5) is 0 Å². The maximum Gasteiger partial charge on any atom is 0.213 e. The Morgan fingerprint density at radius 3 is 2.52 bits per heavy atom. The van der Waals surface area contributed by atoms with Gasteiger partial charge in [0.05, 0.1) is 12.4 Å². The number of rotatable bonds is 7. The number of aliphatic hydroxyl groups excluding tert-OH is 1. The molecule has 3 atom stereocenters. The van der Waals surface area contributed by atoms with Gasteiger partial charge in [-0.1, -0.05) is 30.3 Å². The number of hydrogen-bond acceptors (Lipinski definition) is 4. The van der Waals surface area contributed by atoms with Gasteiger partial charge in [0.15, 0.2) is 0 Å². The first-order chi connectivity index (χ1) is 12.0. The van der Waals surface area contributed by atoms with Crippen molar-refractivity contribution < 1.29 is 13.5 Å². The zero-order chi connectivity index (χ0) is 18.0. The van der Waals surface area contributed by atoms with Crippen molar-refractivity contribution in [2.75, 3.05) is 26.0 Å². The predicted octanol–water partition coefficient (Wildman–Crippen LogP) is 1.95. The number of nitrogens with zero attached hydrogens (tertiary/aromatic N) is 1. The first kappa shape index (κ1) is 18.6. The van der Waals surface area contributed by atoms with E-state index in [-0.39, 0.29) is 30.4 Å². The van der Waals surface area contributed by atoms with Gasteiger partial charge in [0.25, 0.3) is 0 Å². The summed E-state index contributed by atoms with van der Waals surface area (Å²) in [6.45, 7) is 2.13. The SMILES string of the molecule is CCS(=O)(=O)N(C)C[C@@H]1N[C@H](CO)[C@@H]1c1ccc(C2=CCCC2)cc1. The molecule has 1 saturated heterocycles. The molecule has 0 amide bonds. The molecule has 0 radical (unpaired) electrons. The number of nitrogens with one attached hydrogen (secondary N) is 1. The van der Waals surface area contributed by atoms with Crippen LogP contribution in [0.5, 0.6) is 0 Å². The minimum atomic E-state index is -3.19. The van der Waals surface area contributed by atoms with Gasteiger partial charge in [-0.25, -0.2) is 12.7 Å². The van der Waals surface area contributed by atoms with Gasteiger partial charge in [-0.2, -0.15) is 0 Å². The van der Waals surface area contributed by atoms with Gasteiger partial charge in [-0.15, -0.1) is 0 Å². The third kappa shape index (κ3) is 3.82. The molecule has 0 saturated carbocycles. The summed E-state index contributed by atoms with van der Waals surface area (Å²) in [5.74, 6) is 0.236. The average Bonchev–Trinajstić information content (AvgIpc) is 3.13. The molecule has 1 heterocycles. The Hall–Kier alpha value is -1.21. The maximum atomic E-state index is 12.0. The summed E-state index contributed by atoms with van der Waals surface area (Å²) in [6, 6.07) is 8.58. The second-order valence-electron chi connectivity index (χ2n) is 7.01. The number of aliphatic hydroxyl groups is 1.